The Hall–Kier alpha value is -1.60. The standard InChI is InChI=1S/C19H23N3O2S2/c1-3-12(2)22-18(24)16(26-19(22)25)11-20-8-13-7-14(10-20)15-5-4-6-17(23)21(15)9-13/h4-6,11-14H,3,7-10H2,1-2H3/b16-11-/t12-,13-,14+/m0/s1. The monoisotopic (exact) mass is 389 g/mol. The molecule has 26 heavy (non-hydrogen) atoms. The van der Waals surface area contributed by atoms with Crippen molar-refractivity contribution in [3.63, 3.8) is 0 Å². The molecule has 7 heteroatoms. The molecule has 3 atom stereocenters. The van der Waals surface area contributed by atoms with Crippen LogP contribution in [-0.2, 0) is 11.3 Å². The van der Waals surface area contributed by atoms with Crippen molar-refractivity contribution in [3.05, 3.63) is 45.4 Å². The molecule has 0 aliphatic carbocycles. The summed E-state index contributed by atoms with van der Waals surface area (Å²) in [4.78, 5) is 29.6. The number of rotatable bonds is 3. The average Bonchev–Trinajstić information content (AvgIpc) is 2.89. The second-order valence-electron chi connectivity index (χ2n) is 7.45. The molecule has 0 spiro atoms. The number of fused-ring (bicyclic) bond motifs is 4. The molecule has 1 amide bonds. The molecule has 1 aromatic heterocycles. The Bertz CT molecular complexity index is 847. The highest BCUT2D eigenvalue weighted by atomic mass is 32.2. The molecular formula is C19H23N3O2S2. The van der Waals surface area contributed by atoms with Crippen LogP contribution in [0, 0.1) is 5.92 Å². The van der Waals surface area contributed by atoms with Crippen molar-refractivity contribution < 1.29 is 4.79 Å². The molecule has 2 saturated heterocycles. The van der Waals surface area contributed by atoms with Gasteiger partial charge in [-0.2, -0.15) is 0 Å². The van der Waals surface area contributed by atoms with Gasteiger partial charge in [-0.25, -0.2) is 0 Å². The van der Waals surface area contributed by atoms with Crippen molar-refractivity contribution in [2.24, 2.45) is 5.92 Å². The summed E-state index contributed by atoms with van der Waals surface area (Å²) in [6, 6.07) is 5.69. The van der Waals surface area contributed by atoms with Crippen LogP contribution in [0.5, 0.6) is 0 Å². The van der Waals surface area contributed by atoms with E-state index in [2.05, 4.69) is 17.9 Å². The largest absolute Gasteiger partial charge is 0.375 e. The van der Waals surface area contributed by atoms with Gasteiger partial charge in [-0.05, 0) is 31.7 Å². The van der Waals surface area contributed by atoms with Crippen LogP contribution >= 0.6 is 24.0 Å². The van der Waals surface area contributed by atoms with Crippen LogP contribution in [0.15, 0.2) is 34.1 Å². The summed E-state index contributed by atoms with van der Waals surface area (Å²) in [6.45, 7) is 6.59. The van der Waals surface area contributed by atoms with E-state index in [1.807, 2.05) is 23.8 Å². The molecular weight excluding hydrogens is 366 g/mol. The maximum Gasteiger partial charge on any atom is 0.267 e. The molecule has 3 aliphatic rings. The molecule has 0 N–H and O–H groups in total. The van der Waals surface area contributed by atoms with Crippen LogP contribution in [-0.4, -0.2) is 43.7 Å². The number of piperidine rings is 1. The Morgan fingerprint density at radius 3 is 2.88 bits per heavy atom. The number of thioether (sulfide) groups is 1. The fraction of sp³-hybridized carbons (Fsp3) is 0.526. The Morgan fingerprint density at radius 2 is 2.12 bits per heavy atom. The first-order valence-electron chi connectivity index (χ1n) is 9.19. The van der Waals surface area contributed by atoms with Gasteiger partial charge >= 0.3 is 0 Å². The van der Waals surface area contributed by atoms with Crippen LogP contribution in [0.3, 0.4) is 0 Å². The fourth-order valence-corrected chi connectivity index (χ4v) is 5.71. The molecule has 3 aliphatic heterocycles. The van der Waals surface area contributed by atoms with E-state index in [0.29, 0.717) is 16.2 Å². The molecule has 1 aromatic rings. The van der Waals surface area contributed by atoms with Crippen LogP contribution in [0.1, 0.15) is 38.3 Å². The van der Waals surface area contributed by atoms with E-state index in [1.54, 1.807) is 11.0 Å². The Kier molecular flexibility index (Phi) is 4.69. The molecule has 0 aromatic carbocycles. The third kappa shape index (κ3) is 3.01. The van der Waals surface area contributed by atoms with Crippen molar-refractivity contribution in [2.75, 3.05) is 13.1 Å². The number of carbonyl (C=O) groups is 1. The summed E-state index contributed by atoms with van der Waals surface area (Å²) in [5, 5.41) is 0. The minimum absolute atomic E-state index is 0.0294. The van der Waals surface area contributed by atoms with Crippen LogP contribution in [0.2, 0.25) is 0 Å². The molecule has 0 radical (unpaired) electrons. The van der Waals surface area contributed by atoms with Crippen LogP contribution < -0.4 is 5.56 Å². The summed E-state index contributed by atoms with van der Waals surface area (Å²) >= 11 is 6.83. The topological polar surface area (TPSA) is 45.6 Å². The number of carbonyl (C=O) groups excluding carboxylic acids is 1. The predicted octanol–water partition coefficient (Wildman–Crippen LogP) is 2.77. The number of thiocarbonyl (C=S) groups is 1. The predicted molar refractivity (Wildman–Crippen MR) is 108 cm³/mol. The Balaban J connectivity index is 1.56. The maximum absolute atomic E-state index is 12.8. The van der Waals surface area contributed by atoms with Gasteiger partial charge in [-0.1, -0.05) is 37.0 Å². The highest BCUT2D eigenvalue weighted by molar-refractivity contribution is 8.26. The lowest BCUT2D eigenvalue weighted by Gasteiger charge is -2.42. The minimum atomic E-state index is 0.0294. The Morgan fingerprint density at radius 1 is 1.31 bits per heavy atom. The minimum Gasteiger partial charge on any atom is -0.375 e. The van der Waals surface area contributed by atoms with Gasteiger partial charge in [-0.3, -0.25) is 14.5 Å². The summed E-state index contributed by atoms with van der Waals surface area (Å²) < 4.78 is 2.59. The average molecular weight is 390 g/mol. The van der Waals surface area contributed by atoms with E-state index < -0.39 is 0 Å². The molecule has 4 heterocycles. The van der Waals surface area contributed by atoms with Crippen LogP contribution in [0.4, 0.5) is 0 Å². The second kappa shape index (κ2) is 6.85. The fourth-order valence-electron chi connectivity index (χ4n) is 4.24. The highest BCUT2D eigenvalue weighted by Crippen LogP contribution is 2.37. The third-order valence-corrected chi connectivity index (χ3v) is 6.98. The maximum atomic E-state index is 12.8. The summed E-state index contributed by atoms with van der Waals surface area (Å²) in [5.41, 5.74) is 1.22. The van der Waals surface area contributed by atoms with E-state index in [1.165, 1.54) is 11.8 Å². The van der Waals surface area contributed by atoms with Gasteiger partial charge in [0.05, 0.1) is 4.91 Å². The lowest BCUT2D eigenvalue weighted by atomic mass is 9.83. The first-order valence-corrected chi connectivity index (χ1v) is 10.4. The molecule has 5 nitrogen and oxygen atoms in total. The van der Waals surface area contributed by atoms with E-state index in [4.69, 9.17) is 12.2 Å². The normalized spacial score (nSPS) is 27.8. The van der Waals surface area contributed by atoms with Gasteiger partial charge in [0.2, 0.25) is 0 Å². The zero-order chi connectivity index (χ0) is 18.4. The lowest BCUT2D eigenvalue weighted by Crippen LogP contribution is -2.45. The second-order valence-corrected chi connectivity index (χ2v) is 9.12. The molecule has 0 unspecified atom stereocenters. The van der Waals surface area contributed by atoms with Gasteiger partial charge in [0.1, 0.15) is 4.32 Å². The van der Waals surface area contributed by atoms with Crippen molar-refractivity contribution in [1.82, 2.24) is 14.4 Å². The number of pyridine rings is 1. The number of hydrogen-bond donors (Lipinski definition) is 0. The van der Waals surface area contributed by atoms with Crippen LogP contribution in [0.25, 0.3) is 0 Å². The van der Waals surface area contributed by atoms with Gasteiger partial charge < -0.3 is 9.47 Å². The highest BCUT2D eigenvalue weighted by Gasteiger charge is 2.37. The van der Waals surface area contributed by atoms with Crippen molar-refractivity contribution >= 4 is 34.2 Å². The summed E-state index contributed by atoms with van der Waals surface area (Å²) in [6.07, 6.45) is 4.00. The number of likely N-dealkylation sites (tertiary alicyclic amines) is 1. The first-order chi connectivity index (χ1) is 12.5. The third-order valence-electron chi connectivity index (χ3n) is 5.66. The smallest absolute Gasteiger partial charge is 0.267 e. The SMILES string of the molecule is CC[C@H](C)N1C(=O)/C(=C/N2C[C@@H]3C[C@H](C2)c2cccc(=O)n2C3)SC1=S. The Labute approximate surface area is 163 Å². The van der Waals surface area contributed by atoms with E-state index in [0.717, 1.165) is 43.1 Å². The zero-order valence-electron chi connectivity index (χ0n) is 15.1. The lowest BCUT2D eigenvalue weighted by molar-refractivity contribution is -0.123. The van der Waals surface area contributed by atoms with Gasteiger partial charge in [-0.15, -0.1) is 0 Å². The number of hydrogen-bond acceptors (Lipinski definition) is 5. The number of nitrogens with zero attached hydrogens (tertiary/aromatic N) is 3. The van der Waals surface area contributed by atoms with Gasteiger partial charge in [0, 0.05) is 49.6 Å². The molecule has 4 rings (SSSR count). The van der Waals surface area contributed by atoms with E-state index >= 15 is 0 Å². The molecule has 138 valence electrons. The quantitative estimate of drug-likeness (QED) is 0.588. The van der Waals surface area contributed by atoms with Gasteiger partial charge in [0.15, 0.2) is 0 Å². The summed E-state index contributed by atoms with van der Waals surface area (Å²) in [5.74, 6) is 0.811. The summed E-state index contributed by atoms with van der Waals surface area (Å²) in [7, 11) is 0. The first kappa shape index (κ1) is 17.8. The van der Waals surface area contributed by atoms with Crippen molar-refractivity contribution in [2.45, 2.75) is 45.2 Å². The number of amides is 1. The van der Waals surface area contributed by atoms with Gasteiger partial charge in [0.25, 0.3) is 11.5 Å². The molecule has 0 saturated carbocycles. The molecule has 2 bridgehead atoms. The van der Waals surface area contributed by atoms with E-state index in [9.17, 15) is 9.59 Å². The molecule has 2 fully saturated rings. The van der Waals surface area contributed by atoms with Crippen molar-refractivity contribution in [3.8, 4) is 0 Å². The zero-order valence-corrected chi connectivity index (χ0v) is 16.7. The van der Waals surface area contributed by atoms with E-state index in [-0.39, 0.29) is 17.5 Å². The number of aromatic nitrogens is 1. The van der Waals surface area contributed by atoms with Crippen molar-refractivity contribution in [1.29, 1.82) is 0 Å².